The molecular formula is C16H22O2Si2. The monoisotopic (exact) mass is 302 g/mol. The van der Waals surface area contributed by atoms with E-state index in [-0.39, 0.29) is 0 Å². The van der Waals surface area contributed by atoms with Gasteiger partial charge in [-0.2, -0.15) is 0 Å². The molecule has 0 fully saturated rings. The Labute approximate surface area is 123 Å². The fourth-order valence-electron chi connectivity index (χ4n) is 2.14. The lowest BCUT2D eigenvalue weighted by Gasteiger charge is -2.16. The lowest BCUT2D eigenvalue weighted by Crippen LogP contribution is -2.41. The molecule has 4 heteroatoms. The standard InChI is InChI=1S/C16H22O2Si2/c1-19(2,17)15-9-5-13(6-10-15)14-7-11-16(12-8-14)20(3,4)18/h5-12,17-18H,1-4H3. The molecule has 0 aromatic heterocycles. The predicted molar refractivity (Wildman–Crippen MR) is 90.5 cm³/mol. The molecule has 2 aromatic carbocycles. The second-order valence-electron chi connectivity index (χ2n) is 6.27. The molecule has 106 valence electrons. The molecule has 0 bridgehead atoms. The first kappa shape index (κ1) is 15.2. The fraction of sp³-hybridized carbons (Fsp3) is 0.250. The predicted octanol–water partition coefficient (Wildman–Crippen LogP) is 2.16. The summed E-state index contributed by atoms with van der Waals surface area (Å²) in [5.74, 6) is 0. The van der Waals surface area contributed by atoms with Crippen LogP contribution < -0.4 is 10.4 Å². The van der Waals surface area contributed by atoms with Crippen molar-refractivity contribution < 1.29 is 9.59 Å². The van der Waals surface area contributed by atoms with E-state index in [1.165, 1.54) is 0 Å². The van der Waals surface area contributed by atoms with E-state index in [1.54, 1.807) is 0 Å². The van der Waals surface area contributed by atoms with Crippen molar-refractivity contribution in [2.75, 3.05) is 0 Å². The van der Waals surface area contributed by atoms with Gasteiger partial charge in [0, 0.05) is 0 Å². The molecule has 0 radical (unpaired) electrons. The van der Waals surface area contributed by atoms with Crippen LogP contribution in [0.15, 0.2) is 48.5 Å². The van der Waals surface area contributed by atoms with E-state index in [0.29, 0.717) is 0 Å². The first-order valence-electron chi connectivity index (χ1n) is 6.84. The average Bonchev–Trinajstić information content (AvgIpc) is 2.37. The van der Waals surface area contributed by atoms with Crippen molar-refractivity contribution in [1.82, 2.24) is 0 Å². The van der Waals surface area contributed by atoms with Gasteiger partial charge in [-0.1, -0.05) is 48.5 Å². The molecule has 0 amide bonds. The van der Waals surface area contributed by atoms with Crippen molar-refractivity contribution in [1.29, 1.82) is 0 Å². The van der Waals surface area contributed by atoms with Crippen LogP contribution in [-0.2, 0) is 0 Å². The van der Waals surface area contributed by atoms with Crippen molar-refractivity contribution in [3.05, 3.63) is 48.5 Å². The first-order chi connectivity index (χ1) is 9.18. The van der Waals surface area contributed by atoms with Crippen molar-refractivity contribution in [3.8, 4) is 11.1 Å². The molecule has 0 saturated heterocycles. The van der Waals surface area contributed by atoms with E-state index in [9.17, 15) is 9.59 Å². The second kappa shape index (κ2) is 5.29. The zero-order valence-electron chi connectivity index (χ0n) is 12.5. The molecule has 0 heterocycles. The van der Waals surface area contributed by atoms with Gasteiger partial charge < -0.3 is 9.59 Å². The lowest BCUT2D eigenvalue weighted by atomic mass is 10.1. The summed E-state index contributed by atoms with van der Waals surface area (Å²) in [6.07, 6.45) is 0. The summed E-state index contributed by atoms with van der Waals surface area (Å²) in [7, 11) is -4.44. The van der Waals surface area contributed by atoms with E-state index in [1.807, 2.05) is 50.5 Å². The molecule has 0 aliphatic carbocycles. The van der Waals surface area contributed by atoms with E-state index < -0.39 is 16.6 Å². The van der Waals surface area contributed by atoms with Crippen LogP contribution in [0.25, 0.3) is 11.1 Å². The number of hydrogen-bond donors (Lipinski definition) is 2. The molecule has 0 unspecified atom stereocenters. The summed E-state index contributed by atoms with van der Waals surface area (Å²) < 4.78 is 0. The molecule has 0 aliphatic heterocycles. The van der Waals surface area contributed by atoms with E-state index in [0.717, 1.165) is 21.5 Å². The van der Waals surface area contributed by atoms with E-state index in [4.69, 9.17) is 0 Å². The molecule has 20 heavy (non-hydrogen) atoms. The quantitative estimate of drug-likeness (QED) is 0.853. The number of rotatable bonds is 3. The lowest BCUT2D eigenvalue weighted by molar-refractivity contribution is 0.567. The van der Waals surface area contributed by atoms with Crippen LogP contribution >= 0.6 is 0 Å². The third-order valence-corrected chi connectivity index (χ3v) is 7.01. The van der Waals surface area contributed by atoms with Crippen LogP contribution in [0.5, 0.6) is 0 Å². The number of benzene rings is 2. The smallest absolute Gasteiger partial charge is 0.213 e. The molecular weight excluding hydrogens is 280 g/mol. The molecule has 2 N–H and O–H groups in total. The van der Waals surface area contributed by atoms with Crippen LogP contribution in [-0.4, -0.2) is 26.2 Å². The summed E-state index contributed by atoms with van der Waals surface area (Å²) in [6.45, 7) is 7.69. The van der Waals surface area contributed by atoms with Gasteiger partial charge in [-0.3, -0.25) is 0 Å². The second-order valence-corrected chi connectivity index (χ2v) is 13.7. The van der Waals surface area contributed by atoms with Crippen molar-refractivity contribution in [3.63, 3.8) is 0 Å². The van der Waals surface area contributed by atoms with Gasteiger partial charge in [-0.25, -0.2) is 0 Å². The highest BCUT2D eigenvalue weighted by molar-refractivity contribution is 6.83. The van der Waals surface area contributed by atoms with Gasteiger partial charge in [0.1, 0.15) is 0 Å². The summed E-state index contributed by atoms with van der Waals surface area (Å²) in [5, 5.41) is 2.09. The van der Waals surface area contributed by atoms with Crippen LogP contribution in [0.2, 0.25) is 26.2 Å². The molecule has 0 aliphatic rings. The molecule has 2 nitrogen and oxygen atoms in total. The zero-order chi connectivity index (χ0) is 15.0. The van der Waals surface area contributed by atoms with Gasteiger partial charge in [-0.15, -0.1) is 0 Å². The Balaban J connectivity index is 2.29. The highest BCUT2D eigenvalue weighted by atomic mass is 28.4. The summed E-state index contributed by atoms with van der Waals surface area (Å²) in [6, 6.07) is 16.3. The fourth-order valence-corrected chi connectivity index (χ4v) is 4.11. The third-order valence-electron chi connectivity index (χ3n) is 3.52. The number of hydrogen-bond acceptors (Lipinski definition) is 2. The van der Waals surface area contributed by atoms with E-state index >= 15 is 0 Å². The van der Waals surface area contributed by atoms with Crippen molar-refractivity contribution in [2.45, 2.75) is 26.2 Å². The van der Waals surface area contributed by atoms with Crippen LogP contribution in [0, 0.1) is 0 Å². The van der Waals surface area contributed by atoms with Gasteiger partial charge in [0.2, 0.25) is 16.6 Å². The van der Waals surface area contributed by atoms with Crippen LogP contribution in [0.3, 0.4) is 0 Å². The van der Waals surface area contributed by atoms with Crippen molar-refractivity contribution >= 4 is 27.0 Å². The molecule has 0 saturated carbocycles. The maximum Gasteiger partial charge on any atom is 0.213 e. The molecule has 2 aromatic rings. The summed E-state index contributed by atoms with van der Waals surface area (Å²) in [4.78, 5) is 20.2. The van der Waals surface area contributed by atoms with Gasteiger partial charge in [-0.05, 0) is 47.7 Å². The van der Waals surface area contributed by atoms with Crippen molar-refractivity contribution in [2.24, 2.45) is 0 Å². The Kier molecular flexibility index (Phi) is 4.02. The van der Waals surface area contributed by atoms with Crippen LogP contribution in [0.1, 0.15) is 0 Å². The Morgan fingerprint density at radius 3 is 1.00 bits per heavy atom. The minimum Gasteiger partial charge on any atom is -0.428 e. The molecule has 2 rings (SSSR count). The normalized spacial score (nSPS) is 12.5. The minimum absolute atomic E-state index is 1.04. The Morgan fingerprint density at radius 2 is 0.800 bits per heavy atom. The Morgan fingerprint density at radius 1 is 0.550 bits per heavy atom. The molecule has 0 spiro atoms. The SMILES string of the molecule is C[Si](C)(O)c1ccc(-c2ccc([Si](C)(C)O)cc2)cc1. The maximum absolute atomic E-state index is 10.1. The largest absolute Gasteiger partial charge is 0.428 e. The highest BCUT2D eigenvalue weighted by Gasteiger charge is 2.20. The highest BCUT2D eigenvalue weighted by Crippen LogP contribution is 2.18. The van der Waals surface area contributed by atoms with Gasteiger partial charge in [0.15, 0.2) is 0 Å². The van der Waals surface area contributed by atoms with Gasteiger partial charge in [0.25, 0.3) is 0 Å². The first-order valence-corrected chi connectivity index (χ1v) is 12.7. The summed E-state index contributed by atoms with van der Waals surface area (Å²) >= 11 is 0. The van der Waals surface area contributed by atoms with Crippen LogP contribution in [0.4, 0.5) is 0 Å². The third kappa shape index (κ3) is 3.46. The summed E-state index contributed by atoms with van der Waals surface area (Å²) in [5.41, 5.74) is 2.27. The van der Waals surface area contributed by atoms with Gasteiger partial charge >= 0.3 is 0 Å². The van der Waals surface area contributed by atoms with E-state index in [2.05, 4.69) is 24.3 Å². The Bertz CT molecular complexity index is 520. The molecule has 0 atom stereocenters. The maximum atomic E-state index is 10.1. The minimum atomic E-state index is -2.22. The average molecular weight is 303 g/mol. The topological polar surface area (TPSA) is 40.5 Å². The Hall–Kier alpha value is -1.21. The van der Waals surface area contributed by atoms with Gasteiger partial charge in [0.05, 0.1) is 0 Å². The zero-order valence-corrected chi connectivity index (χ0v) is 14.5.